The van der Waals surface area contributed by atoms with Gasteiger partial charge in [-0.2, -0.15) is 0 Å². The Kier molecular flexibility index (Phi) is 4.49. The van der Waals surface area contributed by atoms with E-state index in [1.165, 1.54) is 6.07 Å². The second-order valence-corrected chi connectivity index (χ2v) is 8.85. The highest BCUT2D eigenvalue weighted by atomic mass is 16.6. The fraction of sp³-hybridized carbons (Fsp3) is 0.522. The molecule has 2 aromatic rings. The molecule has 2 bridgehead atoms. The third-order valence-corrected chi connectivity index (χ3v) is 7.24. The van der Waals surface area contributed by atoms with E-state index >= 15 is 0 Å². The SMILES string of the molecule is CCOc1ccc2c(C)cc(=O)oc2c1COC(=O)[C@@]12CC[C@@](C)(C(=O)O1)C2(C)C. The lowest BCUT2D eigenvalue weighted by Crippen LogP contribution is -2.48. The lowest BCUT2D eigenvalue weighted by atomic mass is 9.66. The first-order chi connectivity index (χ1) is 14.1. The molecule has 4 rings (SSSR count). The lowest BCUT2D eigenvalue weighted by Gasteiger charge is -2.34. The van der Waals surface area contributed by atoms with E-state index in [1.54, 1.807) is 6.07 Å². The number of benzene rings is 1. The molecular formula is C23H26O7. The van der Waals surface area contributed by atoms with Crippen LogP contribution < -0.4 is 10.4 Å². The monoisotopic (exact) mass is 414 g/mol. The van der Waals surface area contributed by atoms with Gasteiger partial charge in [0.15, 0.2) is 0 Å². The summed E-state index contributed by atoms with van der Waals surface area (Å²) in [6.07, 6.45) is 0.990. The van der Waals surface area contributed by atoms with Gasteiger partial charge in [0, 0.05) is 16.9 Å². The van der Waals surface area contributed by atoms with E-state index in [-0.39, 0.29) is 12.6 Å². The predicted octanol–water partition coefficient (Wildman–Crippen LogP) is 3.67. The Labute approximate surface area is 174 Å². The number of esters is 2. The van der Waals surface area contributed by atoms with Gasteiger partial charge in [-0.05, 0) is 51.3 Å². The molecule has 2 aliphatic rings. The van der Waals surface area contributed by atoms with E-state index in [2.05, 4.69) is 0 Å². The molecule has 0 spiro atoms. The minimum Gasteiger partial charge on any atom is -0.493 e. The molecule has 1 aromatic heterocycles. The number of carbonyl (C=O) groups excluding carboxylic acids is 2. The van der Waals surface area contributed by atoms with Crippen LogP contribution in [0.4, 0.5) is 0 Å². The molecule has 1 aromatic carbocycles. The van der Waals surface area contributed by atoms with Crippen LogP contribution in [0.15, 0.2) is 27.4 Å². The minimum absolute atomic E-state index is 0.163. The van der Waals surface area contributed by atoms with Crippen LogP contribution in [0.1, 0.15) is 51.7 Å². The molecule has 2 fully saturated rings. The van der Waals surface area contributed by atoms with Crippen molar-refractivity contribution in [3.05, 3.63) is 39.7 Å². The molecular weight excluding hydrogens is 388 g/mol. The number of aryl methyl sites for hydroxylation is 1. The maximum absolute atomic E-state index is 13.2. The molecule has 7 nitrogen and oxygen atoms in total. The summed E-state index contributed by atoms with van der Waals surface area (Å²) in [5.74, 6) is -0.475. The van der Waals surface area contributed by atoms with Crippen molar-refractivity contribution >= 4 is 22.9 Å². The second-order valence-electron chi connectivity index (χ2n) is 8.85. The Morgan fingerprint density at radius 2 is 1.90 bits per heavy atom. The minimum atomic E-state index is -1.31. The van der Waals surface area contributed by atoms with Crippen molar-refractivity contribution in [2.75, 3.05) is 6.61 Å². The highest BCUT2D eigenvalue weighted by Crippen LogP contribution is 2.65. The van der Waals surface area contributed by atoms with E-state index in [0.717, 1.165) is 10.9 Å². The lowest BCUT2D eigenvalue weighted by molar-refractivity contribution is -0.184. The number of hydrogen-bond donors (Lipinski definition) is 0. The summed E-state index contributed by atoms with van der Waals surface area (Å²) in [5, 5.41) is 0.739. The van der Waals surface area contributed by atoms with Gasteiger partial charge in [-0.1, -0.05) is 13.8 Å². The Balaban J connectivity index is 1.70. The average Bonchev–Trinajstić information content (AvgIpc) is 2.97. The predicted molar refractivity (Wildman–Crippen MR) is 108 cm³/mol. The summed E-state index contributed by atoms with van der Waals surface area (Å²) in [6.45, 7) is 9.47. The van der Waals surface area contributed by atoms with Crippen LogP contribution in [0.5, 0.6) is 5.75 Å². The van der Waals surface area contributed by atoms with Gasteiger partial charge in [0.1, 0.15) is 17.9 Å². The van der Waals surface area contributed by atoms with Crippen LogP contribution in [0.3, 0.4) is 0 Å². The second kappa shape index (κ2) is 6.59. The van der Waals surface area contributed by atoms with Crippen molar-refractivity contribution in [2.45, 2.75) is 59.7 Å². The van der Waals surface area contributed by atoms with Crippen LogP contribution in [0.2, 0.25) is 0 Å². The van der Waals surface area contributed by atoms with Crippen LogP contribution in [0.25, 0.3) is 11.0 Å². The van der Waals surface area contributed by atoms with Gasteiger partial charge in [0.25, 0.3) is 0 Å². The molecule has 7 heteroatoms. The fourth-order valence-electron chi connectivity index (χ4n) is 4.81. The van der Waals surface area contributed by atoms with Gasteiger partial charge in [0.05, 0.1) is 17.6 Å². The molecule has 1 aliphatic carbocycles. The topological polar surface area (TPSA) is 92.0 Å². The first kappa shape index (κ1) is 20.4. The van der Waals surface area contributed by atoms with Gasteiger partial charge in [-0.15, -0.1) is 0 Å². The first-order valence-electron chi connectivity index (χ1n) is 10.2. The summed E-state index contributed by atoms with van der Waals surface area (Å²) < 4.78 is 22.4. The summed E-state index contributed by atoms with van der Waals surface area (Å²) >= 11 is 0. The molecule has 0 N–H and O–H groups in total. The van der Waals surface area contributed by atoms with E-state index in [0.29, 0.717) is 36.3 Å². The zero-order valence-electron chi connectivity index (χ0n) is 17.9. The average molecular weight is 414 g/mol. The van der Waals surface area contributed by atoms with E-state index in [1.807, 2.05) is 40.7 Å². The van der Waals surface area contributed by atoms with Crippen molar-refractivity contribution in [1.29, 1.82) is 0 Å². The van der Waals surface area contributed by atoms with Crippen molar-refractivity contribution in [2.24, 2.45) is 10.8 Å². The molecule has 1 saturated heterocycles. The number of hydrogen-bond acceptors (Lipinski definition) is 7. The highest BCUT2D eigenvalue weighted by Gasteiger charge is 2.76. The van der Waals surface area contributed by atoms with Gasteiger partial charge in [-0.25, -0.2) is 9.59 Å². The summed E-state index contributed by atoms with van der Waals surface area (Å²) in [6, 6.07) is 5.00. The Morgan fingerprint density at radius 3 is 2.50 bits per heavy atom. The number of fused-ring (bicyclic) bond motifs is 3. The normalized spacial score (nSPS) is 26.6. The van der Waals surface area contributed by atoms with Gasteiger partial charge in [-0.3, -0.25) is 4.79 Å². The zero-order valence-corrected chi connectivity index (χ0v) is 17.9. The van der Waals surface area contributed by atoms with Gasteiger partial charge < -0.3 is 18.6 Å². The van der Waals surface area contributed by atoms with Gasteiger partial charge in [0.2, 0.25) is 5.60 Å². The molecule has 0 unspecified atom stereocenters. The van der Waals surface area contributed by atoms with Crippen LogP contribution in [0, 0.1) is 17.8 Å². The smallest absolute Gasteiger partial charge is 0.351 e. The van der Waals surface area contributed by atoms with Gasteiger partial charge >= 0.3 is 17.6 Å². The molecule has 160 valence electrons. The third-order valence-electron chi connectivity index (χ3n) is 7.24. The van der Waals surface area contributed by atoms with E-state index in [9.17, 15) is 14.4 Å². The highest BCUT2D eigenvalue weighted by molar-refractivity contribution is 5.94. The molecule has 1 saturated carbocycles. The molecule has 1 aliphatic heterocycles. The van der Waals surface area contributed by atoms with Crippen LogP contribution in [-0.2, 0) is 25.7 Å². The zero-order chi connectivity index (χ0) is 21.9. The standard InChI is InChI=1S/C23H26O7/c1-6-27-16-8-7-14-13(2)11-17(24)29-18(14)15(16)12-28-20(26)23-10-9-22(5,19(25)30-23)21(23,3)4/h7-8,11H,6,9-10,12H2,1-5H3/t22-,23+/m0/s1. The van der Waals surface area contributed by atoms with Crippen molar-refractivity contribution in [3.63, 3.8) is 0 Å². The largest absolute Gasteiger partial charge is 0.493 e. The number of carbonyl (C=O) groups is 2. The van der Waals surface area contributed by atoms with Crippen molar-refractivity contribution in [1.82, 2.24) is 0 Å². The summed E-state index contributed by atoms with van der Waals surface area (Å²) in [5.41, 5.74) is -1.65. The number of ether oxygens (including phenoxy) is 3. The fourth-order valence-corrected chi connectivity index (χ4v) is 4.81. The Morgan fingerprint density at radius 1 is 1.17 bits per heavy atom. The molecule has 0 radical (unpaired) electrons. The summed E-state index contributed by atoms with van der Waals surface area (Å²) in [7, 11) is 0. The molecule has 2 heterocycles. The Hall–Kier alpha value is -2.83. The summed E-state index contributed by atoms with van der Waals surface area (Å²) in [4.78, 5) is 37.6. The van der Waals surface area contributed by atoms with Crippen molar-refractivity contribution < 1.29 is 28.2 Å². The quantitative estimate of drug-likeness (QED) is 0.544. The maximum atomic E-state index is 13.2. The third kappa shape index (κ3) is 2.53. The van der Waals surface area contributed by atoms with E-state index < -0.39 is 28.0 Å². The molecule has 0 amide bonds. The molecule has 30 heavy (non-hydrogen) atoms. The van der Waals surface area contributed by atoms with E-state index in [4.69, 9.17) is 18.6 Å². The Bertz CT molecular complexity index is 1110. The van der Waals surface area contributed by atoms with Crippen LogP contribution in [-0.4, -0.2) is 24.1 Å². The maximum Gasteiger partial charge on any atom is 0.351 e. The van der Waals surface area contributed by atoms with Crippen LogP contribution >= 0.6 is 0 Å². The first-order valence-corrected chi connectivity index (χ1v) is 10.2. The number of rotatable bonds is 5. The molecule has 2 atom stereocenters. The van der Waals surface area contributed by atoms with Crippen molar-refractivity contribution in [3.8, 4) is 5.75 Å².